The third kappa shape index (κ3) is 3.03. The quantitative estimate of drug-likeness (QED) is 0.799. The van der Waals surface area contributed by atoms with Crippen molar-refractivity contribution >= 4 is 17.3 Å². The number of halogens is 2. The van der Waals surface area contributed by atoms with E-state index < -0.39 is 0 Å². The topological polar surface area (TPSA) is 42.7 Å². The Labute approximate surface area is 126 Å². The first-order valence-electron chi connectivity index (χ1n) is 6.37. The summed E-state index contributed by atoms with van der Waals surface area (Å²) in [5.74, 6) is 0.330. The van der Waals surface area contributed by atoms with Crippen molar-refractivity contribution in [3.8, 4) is 5.82 Å². The highest BCUT2D eigenvalue weighted by molar-refractivity contribution is 6.30. The number of anilines is 1. The first kappa shape index (κ1) is 13.6. The summed E-state index contributed by atoms with van der Waals surface area (Å²) in [6, 6.07) is 10.1. The predicted molar refractivity (Wildman–Crippen MR) is 80.1 cm³/mol. The number of benzene rings is 1. The van der Waals surface area contributed by atoms with Crippen LogP contribution in [0, 0.1) is 5.82 Å². The second-order valence-electron chi connectivity index (χ2n) is 4.41. The molecule has 0 aliphatic rings. The normalized spacial score (nSPS) is 10.6. The molecule has 4 nitrogen and oxygen atoms in total. The van der Waals surface area contributed by atoms with Crippen LogP contribution in [0.3, 0.4) is 0 Å². The number of pyridine rings is 1. The number of rotatable bonds is 4. The van der Waals surface area contributed by atoms with Crippen LogP contribution in [0.15, 0.2) is 55.0 Å². The van der Waals surface area contributed by atoms with E-state index in [1.165, 1.54) is 6.07 Å². The molecule has 0 unspecified atom stereocenters. The molecule has 0 bridgehead atoms. The Balaban J connectivity index is 1.83. The molecule has 0 amide bonds. The summed E-state index contributed by atoms with van der Waals surface area (Å²) in [4.78, 5) is 4.29. The van der Waals surface area contributed by atoms with Crippen molar-refractivity contribution in [2.24, 2.45) is 0 Å². The van der Waals surface area contributed by atoms with Crippen LogP contribution >= 0.6 is 11.6 Å². The van der Waals surface area contributed by atoms with Gasteiger partial charge in [-0.15, -0.1) is 0 Å². The van der Waals surface area contributed by atoms with Crippen molar-refractivity contribution in [2.75, 3.05) is 5.32 Å². The van der Waals surface area contributed by atoms with Crippen LogP contribution in [0.25, 0.3) is 5.82 Å². The summed E-state index contributed by atoms with van der Waals surface area (Å²) < 4.78 is 15.4. The summed E-state index contributed by atoms with van der Waals surface area (Å²) in [5.41, 5.74) is 1.31. The minimum Gasteiger partial charge on any atom is -0.378 e. The molecule has 6 heteroatoms. The minimum absolute atomic E-state index is 0.334. The van der Waals surface area contributed by atoms with E-state index in [9.17, 15) is 4.39 Å². The Morgan fingerprint density at radius 2 is 2.10 bits per heavy atom. The Hall–Kier alpha value is -2.40. The molecule has 3 aromatic rings. The van der Waals surface area contributed by atoms with Crippen molar-refractivity contribution < 1.29 is 4.39 Å². The fourth-order valence-electron chi connectivity index (χ4n) is 1.97. The zero-order valence-corrected chi connectivity index (χ0v) is 11.8. The molecule has 0 saturated heterocycles. The smallest absolute Gasteiger partial charge is 0.176 e. The lowest BCUT2D eigenvalue weighted by Gasteiger charge is -2.11. The third-order valence-electron chi connectivity index (χ3n) is 2.99. The lowest BCUT2D eigenvalue weighted by Crippen LogP contribution is -2.07. The third-order valence-corrected chi connectivity index (χ3v) is 3.23. The van der Waals surface area contributed by atoms with Gasteiger partial charge in [0.1, 0.15) is 5.82 Å². The number of hydrogen-bond donors (Lipinski definition) is 1. The Morgan fingerprint density at radius 3 is 2.86 bits per heavy atom. The highest BCUT2D eigenvalue weighted by atomic mass is 35.5. The van der Waals surface area contributed by atoms with Gasteiger partial charge in [0.2, 0.25) is 0 Å². The van der Waals surface area contributed by atoms with Gasteiger partial charge in [0, 0.05) is 35.7 Å². The molecule has 106 valence electrons. The zero-order valence-electron chi connectivity index (χ0n) is 11.0. The van der Waals surface area contributed by atoms with Gasteiger partial charge in [0.05, 0.1) is 5.69 Å². The molecule has 0 fully saturated rings. The van der Waals surface area contributed by atoms with E-state index in [2.05, 4.69) is 15.4 Å². The van der Waals surface area contributed by atoms with E-state index in [0.29, 0.717) is 22.9 Å². The summed E-state index contributed by atoms with van der Waals surface area (Å²) >= 11 is 5.74. The van der Waals surface area contributed by atoms with Crippen LogP contribution < -0.4 is 5.32 Å². The molecule has 0 aliphatic carbocycles. The van der Waals surface area contributed by atoms with Gasteiger partial charge in [-0.3, -0.25) is 0 Å². The molecule has 1 aromatic carbocycles. The van der Waals surface area contributed by atoms with E-state index in [0.717, 1.165) is 5.69 Å². The van der Waals surface area contributed by atoms with E-state index in [1.807, 2.05) is 18.2 Å². The SMILES string of the molecule is Fc1cc(Cl)ccc1CNc1cccnc1-n1cccn1. The van der Waals surface area contributed by atoms with Crippen molar-refractivity contribution in [1.82, 2.24) is 14.8 Å². The summed E-state index contributed by atoms with van der Waals surface area (Å²) in [5, 5.41) is 7.71. The van der Waals surface area contributed by atoms with Crippen LogP contribution in [-0.2, 0) is 6.54 Å². The van der Waals surface area contributed by atoms with Gasteiger partial charge in [0.15, 0.2) is 5.82 Å². The fraction of sp³-hybridized carbons (Fsp3) is 0.0667. The average Bonchev–Trinajstić information content (AvgIpc) is 3.01. The standard InChI is InChI=1S/C15H12ClFN4/c16-12-5-4-11(13(17)9-12)10-19-14-3-1-6-18-15(14)21-8-2-7-20-21/h1-9,19H,10H2. The molecule has 0 radical (unpaired) electrons. The highest BCUT2D eigenvalue weighted by Gasteiger charge is 2.07. The maximum absolute atomic E-state index is 13.8. The maximum atomic E-state index is 13.8. The molecule has 2 heterocycles. The van der Waals surface area contributed by atoms with Crippen molar-refractivity contribution in [3.63, 3.8) is 0 Å². The van der Waals surface area contributed by atoms with Gasteiger partial charge in [-0.25, -0.2) is 14.1 Å². The summed E-state index contributed by atoms with van der Waals surface area (Å²) in [6.07, 6.45) is 5.17. The van der Waals surface area contributed by atoms with Crippen molar-refractivity contribution in [2.45, 2.75) is 6.54 Å². The van der Waals surface area contributed by atoms with Crippen molar-refractivity contribution in [3.05, 3.63) is 71.4 Å². The fourth-order valence-corrected chi connectivity index (χ4v) is 2.13. The van der Waals surface area contributed by atoms with Gasteiger partial charge < -0.3 is 5.32 Å². The van der Waals surface area contributed by atoms with Gasteiger partial charge in [0.25, 0.3) is 0 Å². The first-order valence-corrected chi connectivity index (χ1v) is 6.74. The minimum atomic E-state index is -0.334. The second-order valence-corrected chi connectivity index (χ2v) is 4.85. The molecule has 0 spiro atoms. The lowest BCUT2D eigenvalue weighted by molar-refractivity contribution is 0.613. The predicted octanol–water partition coefficient (Wildman–Crippen LogP) is 3.67. The largest absolute Gasteiger partial charge is 0.378 e. The van der Waals surface area contributed by atoms with Gasteiger partial charge in [-0.1, -0.05) is 17.7 Å². The van der Waals surface area contributed by atoms with E-state index in [1.54, 1.807) is 35.4 Å². The van der Waals surface area contributed by atoms with Gasteiger partial charge in [-0.05, 0) is 30.3 Å². The average molecular weight is 303 g/mol. The zero-order chi connectivity index (χ0) is 14.7. The summed E-state index contributed by atoms with van der Waals surface area (Å²) in [7, 11) is 0. The van der Waals surface area contributed by atoms with Gasteiger partial charge in [-0.2, -0.15) is 5.10 Å². The molecular formula is C15H12ClFN4. The molecule has 0 aliphatic heterocycles. The van der Waals surface area contributed by atoms with Gasteiger partial charge >= 0.3 is 0 Å². The van der Waals surface area contributed by atoms with Crippen LogP contribution in [0.1, 0.15) is 5.56 Å². The second kappa shape index (κ2) is 5.93. The number of nitrogens with zero attached hydrogens (tertiary/aromatic N) is 3. The Kier molecular flexibility index (Phi) is 3.83. The van der Waals surface area contributed by atoms with Crippen LogP contribution in [0.5, 0.6) is 0 Å². The first-order chi connectivity index (χ1) is 10.2. The number of nitrogens with one attached hydrogen (secondary N) is 1. The van der Waals surface area contributed by atoms with E-state index in [4.69, 9.17) is 11.6 Å². The van der Waals surface area contributed by atoms with Crippen LogP contribution in [0.4, 0.5) is 10.1 Å². The maximum Gasteiger partial charge on any atom is 0.176 e. The van der Waals surface area contributed by atoms with E-state index >= 15 is 0 Å². The van der Waals surface area contributed by atoms with Crippen LogP contribution in [0.2, 0.25) is 5.02 Å². The van der Waals surface area contributed by atoms with Crippen molar-refractivity contribution in [1.29, 1.82) is 0 Å². The molecule has 3 rings (SSSR count). The molecule has 0 saturated carbocycles. The molecule has 2 aromatic heterocycles. The Morgan fingerprint density at radius 1 is 1.19 bits per heavy atom. The highest BCUT2D eigenvalue weighted by Crippen LogP contribution is 2.19. The summed E-state index contributed by atoms with van der Waals surface area (Å²) in [6.45, 7) is 0.336. The number of hydrogen-bond acceptors (Lipinski definition) is 3. The lowest BCUT2D eigenvalue weighted by atomic mass is 10.2. The van der Waals surface area contributed by atoms with E-state index in [-0.39, 0.29) is 5.82 Å². The Bertz CT molecular complexity index is 743. The monoisotopic (exact) mass is 302 g/mol. The number of aromatic nitrogens is 3. The molecule has 0 atom stereocenters. The van der Waals surface area contributed by atoms with Crippen LogP contribution in [-0.4, -0.2) is 14.8 Å². The molecule has 21 heavy (non-hydrogen) atoms. The molecular weight excluding hydrogens is 291 g/mol. The molecule has 1 N–H and O–H groups in total.